The minimum atomic E-state index is -0.533. The largest absolute Gasteiger partial charge is 0.322 e. The van der Waals surface area contributed by atoms with Gasteiger partial charge in [-0.15, -0.1) is 11.8 Å². The number of amides is 1. The number of pyridine rings is 1. The fraction of sp³-hybridized carbons (Fsp3) is 0.278. The molecule has 0 atom stereocenters. The van der Waals surface area contributed by atoms with E-state index in [2.05, 4.69) is 29.2 Å². The molecule has 0 aliphatic rings. The summed E-state index contributed by atoms with van der Waals surface area (Å²) in [7, 11) is 1.83. The summed E-state index contributed by atoms with van der Waals surface area (Å²) in [5.74, 6) is -0.858. The van der Waals surface area contributed by atoms with E-state index >= 15 is 0 Å². The lowest BCUT2D eigenvalue weighted by Gasteiger charge is -2.13. The van der Waals surface area contributed by atoms with Crippen molar-refractivity contribution in [2.45, 2.75) is 30.9 Å². The van der Waals surface area contributed by atoms with Gasteiger partial charge in [-0.2, -0.15) is 5.10 Å². The number of fused-ring (bicyclic) bond motifs is 1. The first kappa shape index (κ1) is 18.7. The summed E-state index contributed by atoms with van der Waals surface area (Å²) in [6.45, 7) is 6.02. The summed E-state index contributed by atoms with van der Waals surface area (Å²) in [5.41, 5.74) is 2.42. The third-order valence-electron chi connectivity index (χ3n) is 3.76. The third-order valence-corrected chi connectivity index (χ3v) is 5.18. The number of halogens is 2. The average molecular weight is 393 g/mol. The van der Waals surface area contributed by atoms with Crippen LogP contribution in [0.1, 0.15) is 29.9 Å². The van der Waals surface area contributed by atoms with Crippen molar-refractivity contribution in [1.82, 2.24) is 14.8 Å². The Bertz CT molecular complexity index is 1000. The van der Waals surface area contributed by atoms with Crippen molar-refractivity contribution < 1.29 is 9.18 Å². The molecule has 0 unspecified atom stereocenters. The van der Waals surface area contributed by atoms with Crippen LogP contribution in [0.3, 0.4) is 0 Å². The molecule has 0 spiro atoms. The molecule has 136 valence electrons. The van der Waals surface area contributed by atoms with Crippen molar-refractivity contribution in [2.75, 3.05) is 5.32 Å². The molecule has 0 saturated heterocycles. The van der Waals surface area contributed by atoms with E-state index in [1.807, 2.05) is 14.0 Å². The number of hydrogen-bond donors (Lipinski definition) is 1. The van der Waals surface area contributed by atoms with Crippen LogP contribution in [0.5, 0.6) is 0 Å². The Kier molecular flexibility index (Phi) is 5.20. The molecule has 8 heteroatoms. The lowest BCUT2D eigenvalue weighted by Crippen LogP contribution is -2.14. The summed E-state index contributed by atoms with van der Waals surface area (Å²) in [6, 6.07) is 4.06. The van der Waals surface area contributed by atoms with E-state index in [1.165, 1.54) is 18.2 Å². The Hall–Kier alpha value is -2.12. The Balaban J connectivity index is 2.06. The predicted molar refractivity (Wildman–Crippen MR) is 104 cm³/mol. The number of anilines is 1. The molecule has 0 bridgehead atoms. The van der Waals surface area contributed by atoms with E-state index in [1.54, 1.807) is 22.6 Å². The van der Waals surface area contributed by atoms with E-state index in [9.17, 15) is 9.18 Å². The van der Waals surface area contributed by atoms with Crippen molar-refractivity contribution in [2.24, 2.45) is 7.05 Å². The number of hydrogen-bond acceptors (Lipinski definition) is 4. The van der Waals surface area contributed by atoms with Crippen LogP contribution in [-0.2, 0) is 7.05 Å². The first-order valence-corrected chi connectivity index (χ1v) is 9.29. The van der Waals surface area contributed by atoms with Crippen molar-refractivity contribution in [3.05, 3.63) is 46.5 Å². The second kappa shape index (κ2) is 7.25. The highest BCUT2D eigenvalue weighted by atomic mass is 35.5. The zero-order valence-electron chi connectivity index (χ0n) is 14.8. The number of carbonyl (C=O) groups excluding carboxylic acids is 1. The first-order valence-electron chi connectivity index (χ1n) is 8.03. The number of nitrogens with zero attached hydrogens (tertiary/aromatic N) is 3. The maximum absolute atomic E-state index is 13.3. The van der Waals surface area contributed by atoms with Gasteiger partial charge in [-0.05, 0) is 25.1 Å². The predicted octanol–water partition coefficient (Wildman–Crippen LogP) is 4.82. The van der Waals surface area contributed by atoms with E-state index in [0.717, 1.165) is 21.6 Å². The van der Waals surface area contributed by atoms with Gasteiger partial charge in [0.2, 0.25) is 0 Å². The fourth-order valence-electron chi connectivity index (χ4n) is 2.67. The number of carbonyl (C=O) groups is 1. The highest BCUT2D eigenvalue weighted by Gasteiger charge is 2.21. The molecule has 1 aromatic carbocycles. The molecule has 5 nitrogen and oxygen atoms in total. The highest BCUT2D eigenvalue weighted by molar-refractivity contribution is 8.00. The average Bonchev–Trinajstić information content (AvgIpc) is 2.85. The summed E-state index contributed by atoms with van der Waals surface area (Å²) >= 11 is 7.38. The Morgan fingerprint density at radius 1 is 1.38 bits per heavy atom. The maximum atomic E-state index is 13.3. The quantitative estimate of drug-likeness (QED) is 0.646. The van der Waals surface area contributed by atoms with Crippen LogP contribution in [0.15, 0.2) is 29.3 Å². The van der Waals surface area contributed by atoms with Gasteiger partial charge in [0.1, 0.15) is 5.82 Å². The number of nitrogens with one attached hydrogen (secondary N) is 1. The van der Waals surface area contributed by atoms with Crippen LogP contribution in [0.25, 0.3) is 11.0 Å². The smallest absolute Gasteiger partial charge is 0.258 e. The number of benzene rings is 1. The van der Waals surface area contributed by atoms with Crippen LogP contribution in [-0.4, -0.2) is 25.9 Å². The second-order valence-electron chi connectivity index (χ2n) is 6.16. The molecular formula is C18H18ClFN4OS. The minimum Gasteiger partial charge on any atom is -0.322 e. The molecule has 2 heterocycles. The van der Waals surface area contributed by atoms with E-state index in [-0.39, 0.29) is 16.2 Å². The SMILES string of the molecule is Cc1nn(C)c2ncc(C(=O)Nc3ccc(F)c(Cl)c3)c(SC(C)C)c12. The molecule has 0 saturated carbocycles. The van der Waals surface area contributed by atoms with E-state index in [0.29, 0.717) is 11.3 Å². The second-order valence-corrected chi connectivity index (χ2v) is 8.15. The minimum absolute atomic E-state index is 0.0451. The van der Waals surface area contributed by atoms with Gasteiger partial charge in [-0.3, -0.25) is 9.48 Å². The van der Waals surface area contributed by atoms with Gasteiger partial charge in [0.05, 0.1) is 21.7 Å². The van der Waals surface area contributed by atoms with Crippen LogP contribution in [0.2, 0.25) is 5.02 Å². The number of thioether (sulfide) groups is 1. The summed E-state index contributed by atoms with van der Waals surface area (Å²) < 4.78 is 15.0. The molecule has 2 aromatic heterocycles. The number of aromatic nitrogens is 3. The molecule has 0 aliphatic carbocycles. The van der Waals surface area contributed by atoms with Crippen molar-refractivity contribution >= 4 is 46.0 Å². The number of aryl methyl sites for hydroxylation is 2. The standard InChI is InChI=1S/C18H18ClFN4OS/c1-9(2)26-16-12(8-21-17-15(16)10(3)23-24(17)4)18(25)22-11-5-6-14(20)13(19)7-11/h5-9H,1-4H3,(H,22,25). The first-order chi connectivity index (χ1) is 12.3. The number of rotatable bonds is 4. The third kappa shape index (κ3) is 3.54. The molecule has 0 fully saturated rings. The van der Waals surface area contributed by atoms with E-state index in [4.69, 9.17) is 11.6 Å². The maximum Gasteiger partial charge on any atom is 0.258 e. The lowest BCUT2D eigenvalue weighted by atomic mass is 10.2. The molecule has 26 heavy (non-hydrogen) atoms. The Labute approximate surface area is 159 Å². The molecule has 3 rings (SSSR count). The molecule has 0 radical (unpaired) electrons. The monoisotopic (exact) mass is 392 g/mol. The highest BCUT2D eigenvalue weighted by Crippen LogP contribution is 2.35. The summed E-state index contributed by atoms with van der Waals surface area (Å²) in [6.07, 6.45) is 1.55. The van der Waals surface area contributed by atoms with Crippen LogP contribution in [0, 0.1) is 12.7 Å². The molecule has 1 N–H and O–H groups in total. The van der Waals surface area contributed by atoms with Crippen LogP contribution in [0.4, 0.5) is 10.1 Å². The Morgan fingerprint density at radius 3 is 2.77 bits per heavy atom. The van der Waals surface area contributed by atoms with Gasteiger partial charge in [-0.25, -0.2) is 9.37 Å². The van der Waals surface area contributed by atoms with Crippen molar-refractivity contribution in [3.8, 4) is 0 Å². The van der Waals surface area contributed by atoms with Gasteiger partial charge in [0.25, 0.3) is 5.91 Å². The van der Waals surface area contributed by atoms with Gasteiger partial charge in [0.15, 0.2) is 5.65 Å². The van der Waals surface area contributed by atoms with Crippen molar-refractivity contribution in [3.63, 3.8) is 0 Å². The molecule has 3 aromatic rings. The molecule has 1 amide bonds. The topological polar surface area (TPSA) is 59.8 Å². The zero-order chi connectivity index (χ0) is 19.0. The molecular weight excluding hydrogens is 375 g/mol. The van der Waals surface area contributed by atoms with Crippen molar-refractivity contribution in [1.29, 1.82) is 0 Å². The summed E-state index contributed by atoms with van der Waals surface area (Å²) in [5, 5.41) is 8.27. The van der Waals surface area contributed by atoms with Crippen LogP contribution >= 0.6 is 23.4 Å². The van der Waals surface area contributed by atoms with Gasteiger partial charge in [0, 0.05) is 29.1 Å². The zero-order valence-corrected chi connectivity index (χ0v) is 16.4. The summed E-state index contributed by atoms with van der Waals surface area (Å²) in [4.78, 5) is 18.1. The normalized spacial score (nSPS) is 11.3. The molecule has 0 aliphatic heterocycles. The Morgan fingerprint density at radius 2 is 2.12 bits per heavy atom. The van der Waals surface area contributed by atoms with E-state index < -0.39 is 5.82 Å². The van der Waals surface area contributed by atoms with Gasteiger partial charge >= 0.3 is 0 Å². The van der Waals surface area contributed by atoms with Crippen LogP contribution < -0.4 is 5.32 Å². The fourth-order valence-corrected chi connectivity index (χ4v) is 3.95. The van der Waals surface area contributed by atoms with Gasteiger partial charge in [-0.1, -0.05) is 25.4 Å². The van der Waals surface area contributed by atoms with Gasteiger partial charge < -0.3 is 5.32 Å². The lowest BCUT2D eigenvalue weighted by molar-refractivity contribution is 0.102.